The number of aromatic nitrogens is 2. The third kappa shape index (κ3) is 3.38. The van der Waals surface area contributed by atoms with E-state index < -0.39 is 5.97 Å². The van der Waals surface area contributed by atoms with Crippen LogP contribution in [-0.4, -0.2) is 26.9 Å². The summed E-state index contributed by atoms with van der Waals surface area (Å²) in [4.78, 5) is 19.8. The number of nitrogens with one attached hydrogen (secondary N) is 1. The second-order valence-electron chi connectivity index (χ2n) is 5.48. The Morgan fingerprint density at radius 1 is 1.08 bits per heavy atom. The van der Waals surface area contributed by atoms with Gasteiger partial charge in [-0.1, -0.05) is 30.3 Å². The predicted molar refractivity (Wildman–Crippen MR) is 91.4 cm³/mol. The molecular weight excluding hydrogens is 304 g/mol. The second-order valence-corrected chi connectivity index (χ2v) is 5.48. The van der Waals surface area contributed by atoms with Crippen LogP contribution < -0.4 is 5.73 Å². The van der Waals surface area contributed by atoms with Gasteiger partial charge < -0.3 is 10.8 Å². The lowest BCUT2D eigenvalue weighted by molar-refractivity contribution is 0.0697. The smallest absolute Gasteiger partial charge is 0.335 e. The number of nitrogens with two attached hydrogens (primary N) is 1. The molecule has 120 valence electrons. The molecule has 3 rings (SSSR count). The van der Waals surface area contributed by atoms with Crippen LogP contribution >= 0.6 is 0 Å². The van der Waals surface area contributed by atoms with Crippen molar-refractivity contribution in [3.8, 4) is 0 Å². The van der Waals surface area contributed by atoms with Crippen molar-refractivity contribution in [2.24, 2.45) is 5.73 Å². The van der Waals surface area contributed by atoms with Crippen molar-refractivity contribution in [3.05, 3.63) is 71.2 Å². The van der Waals surface area contributed by atoms with Crippen LogP contribution in [0.1, 0.15) is 27.3 Å². The van der Waals surface area contributed by atoms with Crippen molar-refractivity contribution in [2.45, 2.75) is 12.8 Å². The van der Waals surface area contributed by atoms with Crippen LogP contribution in [0.25, 0.3) is 10.9 Å². The topological polar surface area (TPSA) is 113 Å². The van der Waals surface area contributed by atoms with Gasteiger partial charge in [-0.3, -0.25) is 5.41 Å². The number of nitrogen functional groups attached to an aromatic ring is 1. The zero-order valence-electron chi connectivity index (χ0n) is 12.9. The fourth-order valence-corrected chi connectivity index (χ4v) is 2.42. The molecular formula is C18H16N4O2. The van der Waals surface area contributed by atoms with Gasteiger partial charge in [0.2, 0.25) is 0 Å². The Bertz CT molecular complexity index is 920. The largest absolute Gasteiger partial charge is 0.478 e. The molecule has 0 saturated heterocycles. The van der Waals surface area contributed by atoms with Gasteiger partial charge in [-0.15, -0.1) is 0 Å². The van der Waals surface area contributed by atoms with E-state index in [-0.39, 0.29) is 11.4 Å². The number of aromatic carboxylic acids is 1. The molecule has 1 heterocycles. The first-order valence-corrected chi connectivity index (χ1v) is 7.45. The van der Waals surface area contributed by atoms with Crippen LogP contribution in [0.3, 0.4) is 0 Å². The van der Waals surface area contributed by atoms with Crippen LogP contribution in [0, 0.1) is 5.41 Å². The zero-order chi connectivity index (χ0) is 17.1. The minimum atomic E-state index is -0.970. The van der Waals surface area contributed by atoms with Crippen molar-refractivity contribution in [1.29, 1.82) is 5.41 Å². The van der Waals surface area contributed by atoms with Crippen LogP contribution in [0.4, 0.5) is 0 Å². The number of carbonyl (C=O) groups is 1. The number of fused-ring (bicyclic) bond motifs is 1. The Morgan fingerprint density at radius 3 is 2.46 bits per heavy atom. The molecule has 0 spiro atoms. The van der Waals surface area contributed by atoms with E-state index in [2.05, 4.69) is 9.97 Å². The normalized spacial score (nSPS) is 10.7. The van der Waals surface area contributed by atoms with Gasteiger partial charge in [0.05, 0.1) is 11.1 Å². The fourth-order valence-electron chi connectivity index (χ4n) is 2.42. The lowest BCUT2D eigenvalue weighted by Crippen LogP contribution is -2.10. The summed E-state index contributed by atoms with van der Waals surface area (Å²) in [7, 11) is 0. The molecule has 2 aromatic carbocycles. The van der Waals surface area contributed by atoms with Crippen LogP contribution in [0.15, 0.2) is 48.7 Å². The SMILES string of the molecule is N=C(N)c1ccc(CCc2ncc3ccc(C(=O)O)cc3n2)cc1. The van der Waals surface area contributed by atoms with Gasteiger partial charge in [-0.2, -0.15) is 0 Å². The van der Waals surface area contributed by atoms with Crippen molar-refractivity contribution >= 4 is 22.7 Å². The molecule has 0 amide bonds. The third-order valence-corrected chi connectivity index (χ3v) is 3.78. The zero-order valence-corrected chi connectivity index (χ0v) is 12.9. The van der Waals surface area contributed by atoms with Crippen molar-refractivity contribution in [2.75, 3.05) is 0 Å². The Morgan fingerprint density at radius 2 is 1.79 bits per heavy atom. The van der Waals surface area contributed by atoms with E-state index in [4.69, 9.17) is 16.2 Å². The number of hydrogen-bond acceptors (Lipinski definition) is 4. The summed E-state index contributed by atoms with van der Waals surface area (Å²) in [5.41, 5.74) is 8.08. The summed E-state index contributed by atoms with van der Waals surface area (Å²) >= 11 is 0. The maximum absolute atomic E-state index is 11.0. The number of rotatable bonds is 5. The lowest BCUT2D eigenvalue weighted by Gasteiger charge is -2.05. The highest BCUT2D eigenvalue weighted by atomic mass is 16.4. The van der Waals surface area contributed by atoms with Gasteiger partial charge in [-0.05, 0) is 24.1 Å². The molecule has 0 aliphatic rings. The molecule has 0 radical (unpaired) electrons. The first-order chi connectivity index (χ1) is 11.5. The Kier molecular flexibility index (Phi) is 4.20. The first-order valence-electron chi connectivity index (χ1n) is 7.45. The third-order valence-electron chi connectivity index (χ3n) is 3.78. The Balaban J connectivity index is 1.77. The van der Waals surface area contributed by atoms with Gasteiger partial charge in [-0.25, -0.2) is 14.8 Å². The van der Waals surface area contributed by atoms with Crippen molar-refractivity contribution in [1.82, 2.24) is 9.97 Å². The summed E-state index contributed by atoms with van der Waals surface area (Å²) in [6.07, 6.45) is 3.11. The minimum Gasteiger partial charge on any atom is -0.478 e. The number of carboxylic acid groups (broad SMARTS) is 1. The summed E-state index contributed by atoms with van der Waals surface area (Å²) in [5.74, 6) is -0.253. The molecule has 3 aromatic rings. The number of amidine groups is 1. The number of nitrogens with zero attached hydrogens (tertiary/aromatic N) is 2. The summed E-state index contributed by atoms with van der Waals surface area (Å²) in [6.45, 7) is 0. The molecule has 0 fully saturated rings. The van der Waals surface area contributed by atoms with Crippen LogP contribution in [-0.2, 0) is 12.8 Å². The van der Waals surface area contributed by atoms with Gasteiger partial charge in [0.15, 0.2) is 0 Å². The highest BCUT2D eigenvalue weighted by Gasteiger charge is 2.06. The van der Waals surface area contributed by atoms with Crippen LogP contribution in [0.2, 0.25) is 0 Å². The molecule has 0 bridgehead atoms. The average molecular weight is 320 g/mol. The molecule has 6 heteroatoms. The number of benzene rings is 2. The van der Waals surface area contributed by atoms with Crippen LogP contribution in [0.5, 0.6) is 0 Å². The van der Waals surface area contributed by atoms with E-state index in [1.165, 1.54) is 0 Å². The van der Waals surface area contributed by atoms with Gasteiger partial charge >= 0.3 is 5.97 Å². The second kappa shape index (κ2) is 6.45. The van der Waals surface area contributed by atoms with E-state index in [0.29, 0.717) is 23.3 Å². The molecule has 0 atom stereocenters. The van der Waals surface area contributed by atoms with E-state index in [1.54, 1.807) is 24.4 Å². The number of carboxylic acids is 1. The standard InChI is InChI=1S/C18H16N4O2/c19-17(20)12-4-1-11(2-5-12)3-8-16-21-10-14-7-6-13(18(23)24)9-15(14)22-16/h1-2,4-7,9-10H,3,8H2,(H3,19,20)(H,23,24). The fraction of sp³-hybridized carbons (Fsp3) is 0.111. The number of aryl methyl sites for hydroxylation is 2. The van der Waals surface area contributed by atoms with E-state index in [9.17, 15) is 4.79 Å². The van der Waals surface area contributed by atoms with E-state index in [1.807, 2.05) is 24.3 Å². The number of hydrogen-bond donors (Lipinski definition) is 3. The van der Waals surface area contributed by atoms with E-state index in [0.717, 1.165) is 17.4 Å². The molecule has 0 saturated carbocycles. The Labute approximate surface area is 138 Å². The highest BCUT2D eigenvalue weighted by molar-refractivity contribution is 5.95. The van der Waals surface area contributed by atoms with Gasteiger partial charge in [0, 0.05) is 23.6 Å². The van der Waals surface area contributed by atoms with Crippen molar-refractivity contribution in [3.63, 3.8) is 0 Å². The molecule has 0 unspecified atom stereocenters. The first kappa shape index (κ1) is 15.6. The lowest BCUT2D eigenvalue weighted by atomic mass is 10.1. The maximum Gasteiger partial charge on any atom is 0.335 e. The summed E-state index contributed by atoms with van der Waals surface area (Å²) in [6, 6.07) is 12.3. The van der Waals surface area contributed by atoms with Gasteiger partial charge in [0.25, 0.3) is 0 Å². The molecule has 4 N–H and O–H groups in total. The van der Waals surface area contributed by atoms with Gasteiger partial charge in [0.1, 0.15) is 11.7 Å². The molecule has 6 nitrogen and oxygen atoms in total. The van der Waals surface area contributed by atoms with Crippen molar-refractivity contribution < 1.29 is 9.90 Å². The average Bonchev–Trinajstić information content (AvgIpc) is 2.59. The summed E-state index contributed by atoms with van der Waals surface area (Å²) < 4.78 is 0. The quantitative estimate of drug-likeness (QED) is 0.493. The van der Waals surface area contributed by atoms with E-state index >= 15 is 0 Å². The molecule has 0 aliphatic carbocycles. The predicted octanol–water partition coefficient (Wildman–Crippen LogP) is 2.40. The molecule has 0 aliphatic heterocycles. The summed E-state index contributed by atoms with van der Waals surface area (Å²) in [5, 5.41) is 17.3. The molecule has 24 heavy (non-hydrogen) atoms. The Hall–Kier alpha value is -3.28. The monoisotopic (exact) mass is 320 g/mol. The minimum absolute atomic E-state index is 0.0497. The highest BCUT2D eigenvalue weighted by Crippen LogP contribution is 2.14. The maximum atomic E-state index is 11.0. The molecule has 1 aromatic heterocycles.